The molecule has 7 nitrogen and oxygen atoms in total. The molecular weight excluding hydrogens is 318 g/mol. The van der Waals surface area contributed by atoms with Crippen molar-refractivity contribution in [3.05, 3.63) is 36.2 Å². The number of amides is 1. The van der Waals surface area contributed by atoms with Gasteiger partial charge in [-0.05, 0) is 44.0 Å². The van der Waals surface area contributed by atoms with Crippen molar-refractivity contribution in [2.75, 3.05) is 42.3 Å². The van der Waals surface area contributed by atoms with Crippen LogP contribution in [-0.4, -0.2) is 42.7 Å². The Labute approximate surface area is 147 Å². The van der Waals surface area contributed by atoms with Gasteiger partial charge in [0, 0.05) is 37.6 Å². The molecule has 1 aliphatic rings. The van der Waals surface area contributed by atoms with Gasteiger partial charge in [0.2, 0.25) is 5.91 Å². The normalized spacial score (nSPS) is 13.8. The molecule has 1 aromatic carbocycles. The van der Waals surface area contributed by atoms with Gasteiger partial charge in [-0.25, -0.2) is 9.97 Å². The van der Waals surface area contributed by atoms with Crippen LogP contribution in [0.5, 0.6) is 0 Å². The number of nitrogens with zero attached hydrogens (tertiary/aromatic N) is 3. The van der Waals surface area contributed by atoms with Crippen LogP contribution in [0.2, 0.25) is 0 Å². The Kier molecular flexibility index (Phi) is 5.45. The molecule has 3 rings (SSSR count). The fourth-order valence-electron chi connectivity index (χ4n) is 2.84. The second kappa shape index (κ2) is 7.94. The van der Waals surface area contributed by atoms with Crippen LogP contribution < -0.4 is 15.5 Å². The van der Waals surface area contributed by atoms with Gasteiger partial charge >= 0.3 is 0 Å². The summed E-state index contributed by atoms with van der Waals surface area (Å²) in [6.45, 7) is 4.04. The lowest BCUT2D eigenvalue weighted by Gasteiger charge is -2.18. The van der Waals surface area contributed by atoms with E-state index in [2.05, 4.69) is 25.5 Å². The minimum atomic E-state index is -0.176. The first-order valence-corrected chi connectivity index (χ1v) is 8.40. The largest absolute Gasteiger partial charge is 0.375 e. The standard InChI is InChI=1S/C18H23N5O2/c1-13-19-16(11-17(20-13)23-9-3-4-10-23)21-14-5-7-15(8-6-14)22-18(24)12-25-2/h5-8,11H,3-4,9-10,12H2,1-2H3,(H,22,24)(H,19,20,21). The van der Waals surface area contributed by atoms with E-state index in [9.17, 15) is 4.79 Å². The minimum absolute atomic E-state index is 0.0412. The molecule has 0 bridgehead atoms. The lowest BCUT2D eigenvalue weighted by Crippen LogP contribution is -2.19. The van der Waals surface area contributed by atoms with E-state index >= 15 is 0 Å². The molecule has 7 heteroatoms. The molecule has 2 heterocycles. The van der Waals surface area contributed by atoms with Crippen molar-refractivity contribution in [1.82, 2.24) is 9.97 Å². The number of carbonyl (C=O) groups is 1. The first-order valence-electron chi connectivity index (χ1n) is 8.40. The minimum Gasteiger partial charge on any atom is -0.375 e. The summed E-state index contributed by atoms with van der Waals surface area (Å²) in [5, 5.41) is 6.06. The van der Waals surface area contributed by atoms with E-state index in [1.165, 1.54) is 20.0 Å². The van der Waals surface area contributed by atoms with Gasteiger partial charge in [0.25, 0.3) is 0 Å². The molecule has 0 spiro atoms. The number of methoxy groups -OCH3 is 1. The van der Waals surface area contributed by atoms with E-state index in [4.69, 9.17) is 4.74 Å². The lowest BCUT2D eigenvalue weighted by atomic mass is 10.2. The predicted molar refractivity (Wildman–Crippen MR) is 98.4 cm³/mol. The quantitative estimate of drug-likeness (QED) is 0.841. The van der Waals surface area contributed by atoms with Crippen LogP contribution in [0.15, 0.2) is 30.3 Å². The fourth-order valence-corrected chi connectivity index (χ4v) is 2.84. The summed E-state index contributed by atoms with van der Waals surface area (Å²) in [6, 6.07) is 9.45. The molecule has 25 heavy (non-hydrogen) atoms. The van der Waals surface area contributed by atoms with E-state index < -0.39 is 0 Å². The predicted octanol–water partition coefficient (Wildman–Crippen LogP) is 2.71. The van der Waals surface area contributed by atoms with Crippen molar-refractivity contribution in [3.63, 3.8) is 0 Å². The number of benzene rings is 1. The molecule has 0 radical (unpaired) electrons. The second-order valence-electron chi connectivity index (χ2n) is 6.04. The molecule has 0 unspecified atom stereocenters. The number of anilines is 4. The number of aryl methyl sites for hydroxylation is 1. The number of carbonyl (C=O) groups excluding carboxylic acids is 1. The third kappa shape index (κ3) is 4.67. The van der Waals surface area contributed by atoms with E-state index in [0.717, 1.165) is 41.9 Å². The number of hydrogen-bond acceptors (Lipinski definition) is 6. The Hall–Kier alpha value is -2.67. The smallest absolute Gasteiger partial charge is 0.250 e. The summed E-state index contributed by atoms with van der Waals surface area (Å²) in [6.07, 6.45) is 2.42. The van der Waals surface area contributed by atoms with Crippen molar-refractivity contribution in [3.8, 4) is 0 Å². The molecule has 1 saturated heterocycles. The van der Waals surface area contributed by atoms with Crippen LogP contribution in [0.25, 0.3) is 0 Å². The average Bonchev–Trinajstić information content (AvgIpc) is 3.11. The highest BCUT2D eigenvalue weighted by Crippen LogP contribution is 2.23. The molecule has 1 aliphatic heterocycles. The van der Waals surface area contributed by atoms with Gasteiger partial charge in [-0.2, -0.15) is 0 Å². The molecule has 2 N–H and O–H groups in total. The Morgan fingerprint density at radius 3 is 2.52 bits per heavy atom. The zero-order chi connectivity index (χ0) is 17.6. The van der Waals surface area contributed by atoms with Gasteiger partial charge in [-0.15, -0.1) is 0 Å². The van der Waals surface area contributed by atoms with Crippen molar-refractivity contribution in [2.24, 2.45) is 0 Å². The van der Waals surface area contributed by atoms with Crippen LogP contribution in [0.4, 0.5) is 23.0 Å². The average molecular weight is 341 g/mol. The Morgan fingerprint density at radius 1 is 1.16 bits per heavy atom. The summed E-state index contributed by atoms with van der Waals surface area (Å²) >= 11 is 0. The first-order chi connectivity index (χ1) is 12.1. The van der Waals surface area contributed by atoms with Gasteiger partial charge < -0.3 is 20.3 Å². The van der Waals surface area contributed by atoms with Crippen LogP contribution in [-0.2, 0) is 9.53 Å². The zero-order valence-electron chi connectivity index (χ0n) is 14.6. The molecule has 1 amide bonds. The fraction of sp³-hybridized carbons (Fsp3) is 0.389. The summed E-state index contributed by atoms with van der Waals surface area (Å²) in [4.78, 5) is 22.8. The summed E-state index contributed by atoms with van der Waals surface area (Å²) in [5.41, 5.74) is 1.62. The van der Waals surface area contributed by atoms with Crippen LogP contribution in [0, 0.1) is 6.92 Å². The molecule has 0 aliphatic carbocycles. The monoisotopic (exact) mass is 341 g/mol. The van der Waals surface area contributed by atoms with Crippen LogP contribution in [0.1, 0.15) is 18.7 Å². The molecule has 1 aromatic heterocycles. The molecule has 0 saturated carbocycles. The maximum Gasteiger partial charge on any atom is 0.250 e. The van der Waals surface area contributed by atoms with E-state index in [-0.39, 0.29) is 12.5 Å². The number of aromatic nitrogens is 2. The number of nitrogens with one attached hydrogen (secondary N) is 2. The highest BCUT2D eigenvalue weighted by Gasteiger charge is 2.15. The Balaban J connectivity index is 1.68. The first kappa shape index (κ1) is 17.2. The highest BCUT2D eigenvalue weighted by molar-refractivity contribution is 5.91. The number of ether oxygens (including phenoxy) is 1. The zero-order valence-corrected chi connectivity index (χ0v) is 14.6. The van der Waals surface area contributed by atoms with Crippen LogP contribution >= 0.6 is 0 Å². The maximum atomic E-state index is 11.5. The molecular formula is C18H23N5O2. The Bertz CT molecular complexity index is 727. The summed E-state index contributed by atoms with van der Waals surface area (Å²) < 4.78 is 4.80. The highest BCUT2D eigenvalue weighted by atomic mass is 16.5. The van der Waals surface area contributed by atoms with Gasteiger partial charge in [0.1, 0.15) is 24.1 Å². The molecule has 1 fully saturated rings. The molecule has 0 atom stereocenters. The molecule has 2 aromatic rings. The van der Waals surface area contributed by atoms with Crippen molar-refractivity contribution < 1.29 is 9.53 Å². The summed E-state index contributed by atoms with van der Waals surface area (Å²) in [7, 11) is 1.49. The van der Waals surface area contributed by atoms with Crippen molar-refractivity contribution in [2.45, 2.75) is 19.8 Å². The maximum absolute atomic E-state index is 11.5. The number of rotatable bonds is 6. The van der Waals surface area contributed by atoms with Gasteiger partial charge in [-0.3, -0.25) is 4.79 Å². The number of hydrogen-bond donors (Lipinski definition) is 2. The van der Waals surface area contributed by atoms with Gasteiger partial charge in [0.05, 0.1) is 0 Å². The van der Waals surface area contributed by atoms with Crippen molar-refractivity contribution >= 4 is 28.9 Å². The second-order valence-corrected chi connectivity index (χ2v) is 6.04. The van der Waals surface area contributed by atoms with Gasteiger partial charge in [-0.1, -0.05) is 0 Å². The topological polar surface area (TPSA) is 79.4 Å². The lowest BCUT2D eigenvalue weighted by molar-refractivity contribution is -0.119. The van der Waals surface area contributed by atoms with Crippen molar-refractivity contribution in [1.29, 1.82) is 0 Å². The Morgan fingerprint density at radius 2 is 1.84 bits per heavy atom. The molecule has 132 valence electrons. The van der Waals surface area contributed by atoms with E-state index in [0.29, 0.717) is 0 Å². The third-order valence-electron chi connectivity index (χ3n) is 3.97. The SMILES string of the molecule is COCC(=O)Nc1ccc(Nc2cc(N3CCCC3)nc(C)n2)cc1. The summed E-state index contributed by atoms with van der Waals surface area (Å²) in [5.74, 6) is 2.31. The van der Waals surface area contributed by atoms with E-state index in [1.807, 2.05) is 37.3 Å². The van der Waals surface area contributed by atoms with Gasteiger partial charge in [0.15, 0.2) is 0 Å². The van der Waals surface area contributed by atoms with Crippen LogP contribution in [0.3, 0.4) is 0 Å². The third-order valence-corrected chi connectivity index (χ3v) is 3.97. The van der Waals surface area contributed by atoms with E-state index in [1.54, 1.807) is 0 Å².